The molecule has 1 aromatic rings. The fourth-order valence-electron chi connectivity index (χ4n) is 2.24. The molecule has 0 heterocycles. The zero-order valence-corrected chi connectivity index (χ0v) is 10.2. The van der Waals surface area contributed by atoms with Crippen LogP contribution in [0.5, 0.6) is 0 Å². The molecule has 0 saturated carbocycles. The van der Waals surface area contributed by atoms with Gasteiger partial charge in [-0.2, -0.15) is 4.99 Å². The van der Waals surface area contributed by atoms with Crippen LogP contribution in [0.4, 0.5) is 0 Å². The monoisotopic (exact) mass is 265 g/mol. The average molecular weight is 266 g/mol. The number of aliphatic imine (C=N–C) groups is 1. The van der Waals surface area contributed by atoms with E-state index in [1.165, 1.54) is 5.56 Å². The second-order valence-electron chi connectivity index (χ2n) is 4.13. The Morgan fingerprint density at radius 2 is 2.33 bits per heavy atom. The van der Waals surface area contributed by atoms with Crippen LogP contribution in [0.3, 0.4) is 0 Å². The number of isocyanates is 1. The smallest absolute Gasteiger partial charge is 0.211 e. The Kier molecular flexibility index (Phi) is 2.76. The molecule has 0 bridgehead atoms. The fourth-order valence-corrected chi connectivity index (χ4v) is 2.60. The third-order valence-electron chi connectivity index (χ3n) is 3.05. The standard InChI is InChI=1S/C12H12BrNO/c1-12(14-8-15)6-2-3-9-4-5-10(13)7-11(9)12/h4-5,7H,2-3,6H2,1H3. The highest BCUT2D eigenvalue weighted by molar-refractivity contribution is 9.10. The minimum absolute atomic E-state index is 0.376. The Hall–Kier alpha value is -0.920. The van der Waals surface area contributed by atoms with E-state index in [1.807, 2.05) is 13.0 Å². The molecular formula is C12H12BrNO. The number of hydrogen-bond acceptors (Lipinski definition) is 2. The van der Waals surface area contributed by atoms with E-state index < -0.39 is 0 Å². The first-order chi connectivity index (χ1) is 7.15. The maximum atomic E-state index is 10.5. The predicted octanol–water partition coefficient (Wildman–Crippen LogP) is 3.34. The first kappa shape index (κ1) is 10.6. The van der Waals surface area contributed by atoms with Crippen molar-refractivity contribution < 1.29 is 4.79 Å². The number of hydrogen-bond donors (Lipinski definition) is 0. The maximum Gasteiger partial charge on any atom is 0.235 e. The number of benzene rings is 1. The summed E-state index contributed by atoms with van der Waals surface area (Å²) < 4.78 is 1.04. The van der Waals surface area contributed by atoms with Gasteiger partial charge in [-0.25, -0.2) is 4.79 Å². The van der Waals surface area contributed by atoms with Gasteiger partial charge in [0.25, 0.3) is 0 Å². The molecule has 78 valence electrons. The number of carbonyl (C=O) groups excluding carboxylic acids is 1. The van der Waals surface area contributed by atoms with Gasteiger partial charge in [-0.1, -0.05) is 22.0 Å². The molecule has 0 aromatic heterocycles. The van der Waals surface area contributed by atoms with Crippen LogP contribution in [0.25, 0.3) is 0 Å². The van der Waals surface area contributed by atoms with Crippen LogP contribution < -0.4 is 0 Å². The third-order valence-corrected chi connectivity index (χ3v) is 3.55. The van der Waals surface area contributed by atoms with Crippen molar-refractivity contribution in [1.82, 2.24) is 0 Å². The van der Waals surface area contributed by atoms with Gasteiger partial charge in [0.15, 0.2) is 0 Å². The molecule has 3 heteroatoms. The first-order valence-electron chi connectivity index (χ1n) is 5.04. The van der Waals surface area contributed by atoms with Gasteiger partial charge in [0, 0.05) is 4.47 Å². The lowest BCUT2D eigenvalue weighted by Gasteiger charge is -2.31. The summed E-state index contributed by atoms with van der Waals surface area (Å²) in [5.74, 6) is 0. The highest BCUT2D eigenvalue weighted by Gasteiger charge is 2.31. The Morgan fingerprint density at radius 3 is 3.07 bits per heavy atom. The van der Waals surface area contributed by atoms with Gasteiger partial charge in [-0.05, 0) is 49.4 Å². The van der Waals surface area contributed by atoms with Gasteiger partial charge in [0.1, 0.15) is 0 Å². The second-order valence-corrected chi connectivity index (χ2v) is 5.05. The molecule has 0 spiro atoms. The van der Waals surface area contributed by atoms with Gasteiger partial charge in [-0.15, -0.1) is 0 Å². The van der Waals surface area contributed by atoms with Crippen molar-refractivity contribution in [1.29, 1.82) is 0 Å². The van der Waals surface area contributed by atoms with Crippen LogP contribution in [-0.4, -0.2) is 6.08 Å². The van der Waals surface area contributed by atoms with Crippen LogP contribution in [-0.2, 0) is 16.8 Å². The Morgan fingerprint density at radius 1 is 1.53 bits per heavy atom. The zero-order chi connectivity index (χ0) is 10.9. The molecular weight excluding hydrogens is 254 g/mol. The van der Waals surface area contributed by atoms with Crippen molar-refractivity contribution in [3.8, 4) is 0 Å². The zero-order valence-electron chi connectivity index (χ0n) is 8.59. The second kappa shape index (κ2) is 3.92. The number of rotatable bonds is 1. The molecule has 0 amide bonds. The van der Waals surface area contributed by atoms with Gasteiger partial charge < -0.3 is 0 Å². The SMILES string of the molecule is CC1(N=C=O)CCCc2ccc(Br)cc21. The summed E-state index contributed by atoms with van der Waals surface area (Å²) in [7, 11) is 0. The van der Waals surface area contributed by atoms with Gasteiger partial charge >= 0.3 is 0 Å². The molecule has 1 unspecified atom stereocenters. The van der Waals surface area contributed by atoms with E-state index in [-0.39, 0.29) is 5.54 Å². The minimum Gasteiger partial charge on any atom is -0.211 e. The van der Waals surface area contributed by atoms with Crippen LogP contribution in [0, 0.1) is 0 Å². The van der Waals surface area contributed by atoms with Gasteiger partial charge in [-0.3, -0.25) is 0 Å². The van der Waals surface area contributed by atoms with Crippen molar-refractivity contribution in [2.45, 2.75) is 31.7 Å². The lowest BCUT2D eigenvalue weighted by Crippen LogP contribution is -2.25. The van der Waals surface area contributed by atoms with Crippen LogP contribution >= 0.6 is 15.9 Å². The Balaban J connectivity index is 2.58. The normalized spacial score (nSPS) is 24.1. The van der Waals surface area contributed by atoms with E-state index in [0.717, 1.165) is 29.3 Å². The first-order valence-corrected chi connectivity index (χ1v) is 5.83. The Bertz CT molecular complexity index is 437. The van der Waals surface area contributed by atoms with Crippen LogP contribution in [0.1, 0.15) is 30.9 Å². The van der Waals surface area contributed by atoms with E-state index in [4.69, 9.17) is 0 Å². The highest BCUT2D eigenvalue weighted by Crippen LogP contribution is 2.39. The summed E-state index contributed by atoms with van der Waals surface area (Å²) in [4.78, 5) is 14.4. The predicted molar refractivity (Wildman–Crippen MR) is 62.6 cm³/mol. The largest absolute Gasteiger partial charge is 0.235 e. The molecule has 0 fully saturated rings. The van der Waals surface area contributed by atoms with E-state index in [9.17, 15) is 4.79 Å². The Labute approximate surface area is 97.5 Å². The molecule has 0 radical (unpaired) electrons. The average Bonchev–Trinajstić information content (AvgIpc) is 2.20. The lowest BCUT2D eigenvalue weighted by atomic mass is 9.78. The van der Waals surface area contributed by atoms with Gasteiger partial charge in [0.05, 0.1) is 5.54 Å². The molecule has 0 aliphatic heterocycles. The minimum atomic E-state index is -0.376. The summed E-state index contributed by atoms with van der Waals surface area (Å²) in [5.41, 5.74) is 2.08. The number of nitrogens with zero attached hydrogens (tertiary/aromatic N) is 1. The molecule has 1 atom stereocenters. The molecule has 1 aliphatic carbocycles. The van der Waals surface area contributed by atoms with Crippen molar-refractivity contribution in [2.75, 3.05) is 0 Å². The van der Waals surface area contributed by atoms with Gasteiger partial charge in [0.2, 0.25) is 6.08 Å². The van der Waals surface area contributed by atoms with Crippen LogP contribution in [0.2, 0.25) is 0 Å². The summed E-state index contributed by atoms with van der Waals surface area (Å²) in [6.07, 6.45) is 4.78. The number of fused-ring (bicyclic) bond motifs is 1. The molecule has 1 aromatic carbocycles. The summed E-state index contributed by atoms with van der Waals surface area (Å²) in [6.45, 7) is 2.00. The van der Waals surface area contributed by atoms with Crippen molar-refractivity contribution >= 4 is 22.0 Å². The van der Waals surface area contributed by atoms with E-state index >= 15 is 0 Å². The van der Waals surface area contributed by atoms with E-state index in [0.29, 0.717) is 0 Å². The molecule has 0 N–H and O–H groups in total. The summed E-state index contributed by atoms with van der Waals surface area (Å²) >= 11 is 3.45. The van der Waals surface area contributed by atoms with Crippen molar-refractivity contribution in [3.63, 3.8) is 0 Å². The molecule has 15 heavy (non-hydrogen) atoms. The van der Waals surface area contributed by atoms with E-state index in [1.54, 1.807) is 6.08 Å². The lowest BCUT2D eigenvalue weighted by molar-refractivity contribution is 0.408. The van der Waals surface area contributed by atoms with Crippen molar-refractivity contribution in [3.05, 3.63) is 33.8 Å². The molecule has 0 saturated heterocycles. The fraction of sp³-hybridized carbons (Fsp3) is 0.417. The van der Waals surface area contributed by atoms with E-state index in [2.05, 4.69) is 33.1 Å². The van der Waals surface area contributed by atoms with Crippen LogP contribution in [0.15, 0.2) is 27.7 Å². The maximum absolute atomic E-state index is 10.5. The third kappa shape index (κ3) is 1.90. The number of aryl methyl sites for hydroxylation is 1. The quantitative estimate of drug-likeness (QED) is 0.566. The number of halogens is 1. The highest BCUT2D eigenvalue weighted by atomic mass is 79.9. The molecule has 2 rings (SSSR count). The molecule has 2 nitrogen and oxygen atoms in total. The van der Waals surface area contributed by atoms with Crippen molar-refractivity contribution in [2.24, 2.45) is 4.99 Å². The summed E-state index contributed by atoms with van der Waals surface area (Å²) in [6, 6.07) is 6.21. The summed E-state index contributed by atoms with van der Waals surface area (Å²) in [5, 5.41) is 0. The molecule has 1 aliphatic rings. The topological polar surface area (TPSA) is 29.4 Å².